The molecular weight excluding hydrogens is 480 g/mol. The van der Waals surface area contributed by atoms with Gasteiger partial charge in [0.2, 0.25) is 21.9 Å². The van der Waals surface area contributed by atoms with Gasteiger partial charge in [-0.25, -0.2) is 13.4 Å². The fraction of sp³-hybridized carbons (Fsp3) is 0.529. The third kappa shape index (κ3) is 8.41. The Kier molecular flexibility index (Phi) is 8.61. The number of aromatic nitrogens is 4. The normalized spacial score (nSPS) is 13.9. The molecule has 0 spiro atoms. The summed E-state index contributed by atoms with van der Waals surface area (Å²) in [6.07, 6.45) is 3.44. The summed E-state index contributed by atoms with van der Waals surface area (Å²) in [4.78, 5) is 16.9. The molecule has 1 unspecified atom stereocenters. The van der Waals surface area contributed by atoms with Gasteiger partial charge < -0.3 is 10.4 Å². The van der Waals surface area contributed by atoms with E-state index in [1.165, 1.54) is 11.8 Å². The van der Waals surface area contributed by atoms with Crippen LogP contribution >= 0.6 is 27.7 Å². The molecule has 160 valence electrons. The Morgan fingerprint density at radius 1 is 1.21 bits per heavy atom. The summed E-state index contributed by atoms with van der Waals surface area (Å²) in [7, 11) is -3.55. The second-order valence-electron chi connectivity index (χ2n) is 6.96. The lowest BCUT2D eigenvalue weighted by Crippen LogP contribution is -2.27. The monoisotopic (exact) mass is 504 g/mol. The lowest BCUT2D eigenvalue weighted by molar-refractivity contribution is 0.259. The van der Waals surface area contributed by atoms with Crippen LogP contribution in [0.15, 0.2) is 28.1 Å². The zero-order valence-electron chi connectivity index (χ0n) is 16.6. The van der Waals surface area contributed by atoms with Crippen LogP contribution in [0.2, 0.25) is 0 Å². The van der Waals surface area contributed by atoms with Crippen molar-refractivity contribution in [2.24, 2.45) is 5.92 Å². The zero-order valence-corrected chi connectivity index (χ0v) is 19.8. The highest BCUT2D eigenvalue weighted by Gasteiger charge is 2.17. The van der Waals surface area contributed by atoms with Gasteiger partial charge in [0, 0.05) is 11.4 Å². The second-order valence-corrected chi connectivity index (χ2v) is 10.8. The van der Waals surface area contributed by atoms with Gasteiger partial charge in [-0.05, 0) is 52.9 Å². The molecule has 2 aromatic heterocycles. The largest absolute Gasteiger partial charge is 0.394 e. The van der Waals surface area contributed by atoms with Crippen molar-refractivity contribution in [3.05, 3.63) is 28.5 Å². The van der Waals surface area contributed by atoms with Gasteiger partial charge in [-0.1, -0.05) is 25.6 Å². The SMILES string of the molecule is CC(C)C[C@H](CO)Nc1nc(NS(C)(=O)=O)nc(SC(C)c2ccnc(Br)c2)n1. The second kappa shape index (κ2) is 10.5. The van der Waals surface area contributed by atoms with Gasteiger partial charge in [0.05, 0.1) is 18.9 Å². The maximum Gasteiger partial charge on any atom is 0.242 e. The van der Waals surface area contributed by atoms with Gasteiger partial charge in [-0.15, -0.1) is 0 Å². The fourth-order valence-corrected chi connectivity index (χ4v) is 4.20. The first-order valence-corrected chi connectivity index (χ1v) is 12.5. The summed E-state index contributed by atoms with van der Waals surface area (Å²) in [5.74, 6) is 0.488. The van der Waals surface area contributed by atoms with E-state index in [0.717, 1.165) is 16.4 Å². The highest BCUT2D eigenvalue weighted by Crippen LogP contribution is 2.34. The number of hydrogen-bond acceptors (Lipinski definition) is 9. The molecule has 0 fully saturated rings. The van der Waals surface area contributed by atoms with Crippen molar-refractivity contribution in [2.45, 2.75) is 43.6 Å². The molecule has 0 aliphatic heterocycles. The number of rotatable bonds is 10. The van der Waals surface area contributed by atoms with E-state index in [4.69, 9.17) is 0 Å². The van der Waals surface area contributed by atoms with Crippen LogP contribution in [0.5, 0.6) is 0 Å². The molecule has 0 aliphatic rings. The van der Waals surface area contributed by atoms with Crippen LogP contribution in [0, 0.1) is 5.92 Å². The van der Waals surface area contributed by atoms with Crippen molar-refractivity contribution in [2.75, 3.05) is 22.9 Å². The van der Waals surface area contributed by atoms with Gasteiger partial charge in [-0.2, -0.15) is 15.0 Å². The van der Waals surface area contributed by atoms with E-state index >= 15 is 0 Å². The van der Waals surface area contributed by atoms with Gasteiger partial charge in [0.25, 0.3) is 0 Å². The minimum Gasteiger partial charge on any atom is -0.394 e. The van der Waals surface area contributed by atoms with E-state index < -0.39 is 10.0 Å². The molecule has 0 saturated carbocycles. The summed E-state index contributed by atoms with van der Waals surface area (Å²) in [5.41, 5.74) is 1.01. The van der Waals surface area contributed by atoms with Crippen molar-refractivity contribution in [3.8, 4) is 0 Å². The summed E-state index contributed by atoms with van der Waals surface area (Å²) >= 11 is 4.71. The van der Waals surface area contributed by atoms with E-state index in [2.05, 4.69) is 45.9 Å². The standard InChI is InChI=1S/C17H25BrN6O3S2/c1-10(2)7-13(9-25)20-15-21-16(24-29(4,26)27)23-17(22-15)28-11(3)12-5-6-19-14(18)8-12/h5-6,8,10-11,13,25H,7,9H2,1-4H3,(H2,20,21,22,23,24)/t11?,13-/m1/s1. The number of pyridine rings is 1. The predicted octanol–water partition coefficient (Wildman–Crippen LogP) is 3.07. The summed E-state index contributed by atoms with van der Waals surface area (Å²) in [6.45, 7) is 5.99. The van der Waals surface area contributed by atoms with Crippen LogP contribution in [0.1, 0.15) is 38.0 Å². The highest BCUT2D eigenvalue weighted by atomic mass is 79.9. The molecule has 0 aliphatic carbocycles. The number of thioether (sulfide) groups is 1. The summed E-state index contributed by atoms with van der Waals surface area (Å²) < 4.78 is 26.3. The van der Waals surface area contributed by atoms with Crippen molar-refractivity contribution < 1.29 is 13.5 Å². The lowest BCUT2D eigenvalue weighted by Gasteiger charge is -2.19. The van der Waals surface area contributed by atoms with Crippen LogP contribution in [0.3, 0.4) is 0 Å². The Hall–Kier alpha value is -1.50. The molecular formula is C17H25BrN6O3S2. The first kappa shape index (κ1) is 23.8. The van der Waals surface area contributed by atoms with Crippen molar-refractivity contribution in [3.63, 3.8) is 0 Å². The predicted molar refractivity (Wildman–Crippen MR) is 118 cm³/mol. The van der Waals surface area contributed by atoms with Crippen LogP contribution in [0.4, 0.5) is 11.9 Å². The molecule has 0 aromatic carbocycles. The molecule has 3 N–H and O–H groups in total. The summed E-state index contributed by atoms with van der Waals surface area (Å²) in [6, 6.07) is 3.54. The molecule has 0 amide bonds. The average molecular weight is 505 g/mol. The van der Waals surface area contributed by atoms with Crippen LogP contribution in [0.25, 0.3) is 0 Å². The van der Waals surface area contributed by atoms with Gasteiger partial charge in [0.15, 0.2) is 5.16 Å². The Bertz CT molecular complexity index is 929. The quantitative estimate of drug-likeness (QED) is 0.329. The molecule has 0 saturated heterocycles. The van der Waals surface area contributed by atoms with Crippen molar-refractivity contribution in [1.82, 2.24) is 19.9 Å². The van der Waals surface area contributed by atoms with Crippen molar-refractivity contribution in [1.29, 1.82) is 0 Å². The van der Waals surface area contributed by atoms with Gasteiger partial charge in [0.1, 0.15) is 4.60 Å². The average Bonchev–Trinajstić information content (AvgIpc) is 2.59. The molecule has 29 heavy (non-hydrogen) atoms. The van der Waals surface area contributed by atoms with Crippen LogP contribution in [-0.4, -0.2) is 52.4 Å². The Morgan fingerprint density at radius 3 is 2.48 bits per heavy atom. The van der Waals surface area contributed by atoms with Gasteiger partial charge in [-0.3, -0.25) is 4.72 Å². The van der Waals surface area contributed by atoms with E-state index in [1.54, 1.807) is 6.20 Å². The number of sulfonamides is 1. The number of anilines is 2. The van der Waals surface area contributed by atoms with E-state index in [1.807, 2.05) is 32.9 Å². The maximum atomic E-state index is 11.6. The number of aliphatic hydroxyl groups is 1. The lowest BCUT2D eigenvalue weighted by atomic mass is 10.0. The third-order valence-corrected chi connectivity index (χ3v) is 5.71. The van der Waals surface area contributed by atoms with Crippen molar-refractivity contribution >= 4 is 49.6 Å². The smallest absolute Gasteiger partial charge is 0.242 e. The number of nitrogens with one attached hydrogen (secondary N) is 2. The number of hydrogen-bond donors (Lipinski definition) is 3. The maximum absolute atomic E-state index is 11.6. The highest BCUT2D eigenvalue weighted by molar-refractivity contribution is 9.10. The van der Waals surface area contributed by atoms with E-state index in [-0.39, 0.29) is 29.8 Å². The molecule has 2 rings (SSSR count). The number of aliphatic hydroxyl groups excluding tert-OH is 1. The Labute approximate surface area is 183 Å². The number of nitrogens with zero attached hydrogens (tertiary/aromatic N) is 4. The molecule has 0 radical (unpaired) electrons. The first-order valence-electron chi connectivity index (χ1n) is 8.95. The molecule has 0 bridgehead atoms. The molecule has 2 atom stereocenters. The topological polar surface area (TPSA) is 130 Å². The molecule has 2 aromatic rings. The Balaban J connectivity index is 2.30. The third-order valence-electron chi connectivity index (χ3n) is 3.70. The molecule has 2 heterocycles. The summed E-state index contributed by atoms with van der Waals surface area (Å²) in [5, 5.41) is 13.0. The van der Waals surface area contributed by atoms with Crippen LogP contribution < -0.4 is 10.0 Å². The fourth-order valence-electron chi connectivity index (χ4n) is 2.51. The zero-order chi connectivity index (χ0) is 21.6. The Morgan fingerprint density at radius 2 is 1.90 bits per heavy atom. The molecule has 9 nitrogen and oxygen atoms in total. The molecule has 12 heteroatoms. The number of halogens is 1. The van der Waals surface area contributed by atoms with Crippen LogP contribution in [-0.2, 0) is 10.0 Å². The minimum atomic E-state index is -3.55. The van der Waals surface area contributed by atoms with Gasteiger partial charge >= 0.3 is 0 Å². The first-order chi connectivity index (χ1) is 13.6. The van der Waals surface area contributed by atoms with E-state index in [9.17, 15) is 13.5 Å². The van der Waals surface area contributed by atoms with E-state index in [0.29, 0.717) is 17.5 Å². The minimum absolute atomic E-state index is 0.0139.